The maximum atomic E-state index is 12.2. The fraction of sp³-hybridized carbons (Fsp3) is 0.526. The second-order valence-electron chi connectivity index (χ2n) is 6.95. The van der Waals surface area contributed by atoms with Crippen LogP contribution in [-0.2, 0) is 4.79 Å². The molecule has 2 atom stereocenters. The van der Waals surface area contributed by atoms with E-state index in [2.05, 4.69) is 29.3 Å². The lowest BCUT2D eigenvalue weighted by molar-refractivity contribution is -0.123. The summed E-state index contributed by atoms with van der Waals surface area (Å²) in [5.41, 5.74) is 1.79. The van der Waals surface area contributed by atoms with Crippen LogP contribution in [0.2, 0.25) is 5.02 Å². The van der Waals surface area contributed by atoms with E-state index in [-0.39, 0.29) is 17.9 Å². The van der Waals surface area contributed by atoms with E-state index in [4.69, 9.17) is 16.1 Å². The van der Waals surface area contributed by atoms with Gasteiger partial charge in [0.25, 0.3) is 0 Å². The van der Waals surface area contributed by atoms with Crippen molar-refractivity contribution in [1.29, 1.82) is 0 Å². The lowest BCUT2D eigenvalue weighted by Gasteiger charge is -2.21. The lowest BCUT2D eigenvalue weighted by Crippen LogP contribution is -2.33. The first-order valence-corrected chi connectivity index (χ1v) is 9.09. The Morgan fingerprint density at radius 2 is 2.04 bits per heavy atom. The minimum absolute atomic E-state index is 0.00145. The summed E-state index contributed by atoms with van der Waals surface area (Å²) in [6.45, 7) is 10.1. The van der Waals surface area contributed by atoms with Crippen molar-refractivity contribution < 1.29 is 9.32 Å². The number of nitrogens with one attached hydrogen (secondary N) is 1. The molecule has 2 aromatic rings. The minimum atomic E-state index is -0.293. The van der Waals surface area contributed by atoms with Crippen LogP contribution >= 0.6 is 11.6 Å². The van der Waals surface area contributed by atoms with Crippen LogP contribution in [0.15, 0.2) is 22.7 Å². The molecule has 2 rings (SSSR count). The fourth-order valence-corrected chi connectivity index (χ4v) is 2.68. The predicted molar refractivity (Wildman–Crippen MR) is 99.3 cm³/mol. The van der Waals surface area contributed by atoms with Gasteiger partial charge in [0.05, 0.1) is 0 Å². The van der Waals surface area contributed by atoms with Crippen LogP contribution in [0, 0.1) is 18.8 Å². The quantitative estimate of drug-likeness (QED) is 0.755. The fourth-order valence-electron chi connectivity index (χ4n) is 2.50. The summed E-state index contributed by atoms with van der Waals surface area (Å²) in [7, 11) is 0. The van der Waals surface area contributed by atoms with E-state index in [0.717, 1.165) is 17.5 Å². The molecule has 25 heavy (non-hydrogen) atoms. The molecule has 0 spiro atoms. The van der Waals surface area contributed by atoms with Crippen LogP contribution in [-0.4, -0.2) is 16.0 Å². The van der Waals surface area contributed by atoms with Crippen molar-refractivity contribution in [3.63, 3.8) is 0 Å². The van der Waals surface area contributed by atoms with Crippen LogP contribution in [0.1, 0.15) is 58.0 Å². The molecule has 0 saturated carbocycles. The molecule has 0 aliphatic carbocycles. The number of hydrogen-bond donors (Lipinski definition) is 1. The Labute approximate surface area is 154 Å². The van der Waals surface area contributed by atoms with Crippen LogP contribution in [0.25, 0.3) is 11.4 Å². The summed E-state index contributed by atoms with van der Waals surface area (Å²) < 4.78 is 5.46. The SMILES string of the molecule is CC[C@H](C)[C@H](NC(=O)CC(C)C)c1nc(-c2ccc(C)c(Cl)c2)no1. The second-order valence-corrected chi connectivity index (χ2v) is 7.36. The third kappa shape index (κ3) is 5.05. The highest BCUT2D eigenvalue weighted by Gasteiger charge is 2.26. The van der Waals surface area contributed by atoms with Gasteiger partial charge in [-0.25, -0.2) is 0 Å². The Bertz CT molecular complexity index is 727. The van der Waals surface area contributed by atoms with E-state index in [1.54, 1.807) is 0 Å². The van der Waals surface area contributed by atoms with Crippen LogP contribution in [0.3, 0.4) is 0 Å². The van der Waals surface area contributed by atoms with Crippen molar-refractivity contribution in [3.05, 3.63) is 34.7 Å². The number of carbonyl (C=O) groups is 1. The molecule has 5 nitrogen and oxygen atoms in total. The smallest absolute Gasteiger partial charge is 0.249 e. The Morgan fingerprint density at radius 1 is 1.32 bits per heavy atom. The van der Waals surface area contributed by atoms with Gasteiger partial charge >= 0.3 is 0 Å². The van der Waals surface area contributed by atoms with Gasteiger partial charge in [-0.15, -0.1) is 0 Å². The summed E-state index contributed by atoms with van der Waals surface area (Å²) in [4.78, 5) is 16.7. The topological polar surface area (TPSA) is 68.0 Å². The average molecular weight is 364 g/mol. The Balaban J connectivity index is 2.25. The van der Waals surface area contributed by atoms with E-state index in [9.17, 15) is 4.79 Å². The minimum Gasteiger partial charge on any atom is -0.344 e. The predicted octanol–water partition coefficient (Wildman–Crippen LogP) is 4.95. The Kier molecular flexibility index (Phi) is 6.59. The lowest BCUT2D eigenvalue weighted by atomic mass is 9.98. The summed E-state index contributed by atoms with van der Waals surface area (Å²) in [5, 5.41) is 7.77. The molecule has 6 heteroatoms. The van der Waals surface area contributed by atoms with E-state index in [1.807, 2.05) is 39.0 Å². The van der Waals surface area contributed by atoms with Crippen molar-refractivity contribution in [3.8, 4) is 11.4 Å². The monoisotopic (exact) mass is 363 g/mol. The summed E-state index contributed by atoms with van der Waals surface area (Å²) in [5.74, 6) is 1.39. The highest BCUT2D eigenvalue weighted by Crippen LogP contribution is 2.27. The normalized spacial score (nSPS) is 13.7. The van der Waals surface area contributed by atoms with Crippen molar-refractivity contribution in [2.75, 3.05) is 0 Å². The number of aryl methyl sites for hydroxylation is 1. The first kappa shape index (κ1) is 19.4. The average Bonchev–Trinajstić information content (AvgIpc) is 3.03. The van der Waals surface area contributed by atoms with E-state index in [0.29, 0.717) is 29.1 Å². The number of amides is 1. The third-order valence-electron chi connectivity index (χ3n) is 4.26. The standard InChI is InChI=1S/C19H26ClN3O2/c1-6-12(4)17(21-16(24)9-11(2)3)19-22-18(23-25-19)14-8-7-13(5)15(20)10-14/h7-8,10-12,17H,6,9H2,1-5H3,(H,21,24)/t12-,17-/m0/s1. The van der Waals surface area contributed by atoms with Gasteiger partial charge in [-0.2, -0.15) is 4.98 Å². The zero-order chi connectivity index (χ0) is 18.6. The zero-order valence-electron chi connectivity index (χ0n) is 15.5. The van der Waals surface area contributed by atoms with Gasteiger partial charge in [-0.1, -0.05) is 63.0 Å². The molecule has 0 radical (unpaired) electrons. The van der Waals surface area contributed by atoms with Gasteiger partial charge in [-0.3, -0.25) is 4.79 Å². The second kappa shape index (κ2) is 8.48. The first-order chi connectivity index (χ1) is 11.8. The van der Waals surface area contributed by atoms with Gasteiger partial charge in [0, 0.05) is 17.0 Å². The van der Waals surface area contributed by atoms with Crippen molar-refractivity contribution in [1.82, 2.24) is 15.5 Å². The molecule has 1 N–H and O–H groups in total. The van der Waals surface area contributed by atoms with Gasteiger partial charge in [0.2, 0.25) is 17.6 Å². The molecule has 1 heterocycles. The molecular weight excluding hydrogens is 338 g/mol. The van der Waals surface area contributed by atoms with Crippen LogP contribution in [0.4, 0.5) is 0 Å². The molecule has 0 bridgehead atoms. The molecular formula is C19H26ClN3O2. The third-order valence-corrected chi connectivity index (χ3v) is 4.67. The van der Waals surface area contributed by atoms with E-state index in [1.165, 1.54) is 0 Å². The molecule has 0 aliphatic rings. The number of aromatic nitrogens is 2. The Morgan fingerprint density at radius 3 is 2.64 bits per heavy atom. The number of nitrogens with zero attached hydrogens (tertiary/aromatic N) is 2. The molecule has 0 saturated heterocycles. The van der Waals surface area contributed by atoms with E-state index >= 15 is 0 Å². The summed E-state index contributed by atoms with van der Waals surface area (Å²) in [6, 6.07) is 5.36. The molecule has 1 aromatic carbocycles. The van der Waals surface area contributed by atoms with Crippen LogP contribution in [0.5, 0.6) is 0 Å². The zero-order valence-corrected chi connectivity index (χ0v) is 16.2. The largest absolute Gasteiger partial charge is 0.344 e. The van der Waals surface area contributed by atoms with Gasteiger partial charge < -0.3 is 9.84 Å². The van der Waals surface area contributed by atoms with Gasteiger partial charge in [0.15, 0.2) is 0 Å². The maximum absolute atomic E-state index is 12.2. The van der Waals surface area contributed by atoms with Gasteiger partial charge in [0.1, 0.15) is 6.04 Å². The molecule has 0 aliphatic heterocycles. The number of rotatable bonds is 7. The molecule has 1 aromatic heterocycles. The number of halogens is 1. The van der Waals surface area contributed by atoms with Crippen molar-refractivity contribution >= 4 is 17.5 Å². The van der Waals surface area contributed by atoms with Crippen LogP contribution < -0.4 is 5.32 Å². The number of carbonyl (C=O) groups excluding carboxylic acids is 1. The van der Waals surface area contributed by atoms with Crippen molar-refractivity contribution in [2.45, 2.75) is 53.5 Å². The highest BCUT2D eigenvalue weighted by atomic mass is 35.5. The molecule has 0 fully saturated rings. The molecule has 1 amide bonds. The summed E-state index contributed by atoms with van der Waals surface area (Å²) in [6.07, 6.45) is 1.36. The highest BCUT2D eigenvalue weighted by molar-refractivity contribution is 6.31. The molecule has 0 unspecified atom stereocenters. The first-order valence-electron chi connectivity index (χ1n) is 8.71. The number of benzene rings is 1. The Hall–Kier alpha value is -1.88. The number of hydrogen-bond acceptors (Lipinski definition) is 4. The van der Waals surface area contributed by atoms with Crippen molar-refractivity contribution in [2.24, 2.45) is 11.8 Å². The van der Waals surface area contributed by atoms with Gasteiger partial charge in [-0.05, 0) is 30.4 Å². The van der Waals surface area contributed by atoms with E-state index < -0.39 is 0 Å². The molecule has 136 valence electrons. The maximum Gasteiger partial charge on any atom is 0.249 e. The summed E-state index contributed by atoms with van der Waals surface area (Å²) >= 11 is 6.18.